The van der Waals surface area contributed by atoms with Crippen molar-refractivity contribution in [1.82, 2.24) is 14.8 Å². The first kappa shape index (κ1) is 25.2. The SMILES string of the molecule is COCC(=O)N(C)C[C@H]1Oc2ncc(C#Cc3ccccc3)cc2C(=O)N([C@@H](C)CO)C[C@@H]1C. The van der Waals surface area contributed by atoms with Gasteiger partial charge in [0.1, 0.15) is 18.3 Å². The molecule has 0 aliphatic carbocycles. The Labute approximate surface area is 200 Å². The number of rotatable bonds is 6. The Bertz CT molecular complexity index is 1060. The van der Waals surface area contributed by atoms with Crippen LogP contribution in [0.3, 0.4) is 0 Å². The van der Waals surface area contributed by atoms with Crippen molar-refractivity contribution >= 4 is 11.8 Å². The van der Waals surface area contributed by atoms with Gasteiger partial charge in [0.15, 0.2) is 0 Å². The number of carbonyl (C=O) groups excluding carboxylic acids is 2. The summed E-state index contributed by atoms with van der Waals surface area (Å²) >= 11 is 0. The van der Waals surface area contributed by atoms with E-state index in [0.717, 1.165) is 5.56 Å². The third-order valence-corrected chi connectivity index (χ3v) is 5.79. The predicted octanol–water partition coefficient (Wildman–Crippen LogP) is 1.81. The summed E-state index contributed by atoms with van der Waals surface area (Å²) in [6.07, 6.45) is 1.16. The van der Waals surface area contributed by atoms with Gasteiger partial charge in [-0.3, -0.25) is 9.59 Å². The zero-order chi connectivity index (χ0) is 24.7. The second-order valence-electron chi connectivity index (χ2n) is 8.52. The van der Waals surface area contributed by atoms with Gasteiger partial charge in [0, 0.05) is 43.9 Å². The first-order valence-corrected chi connectivity index (χ1v) is 11.2. The van der Waals surface area contributed by atoms with Crippen LogP contribution in [0.2, 0.25) is 0 Å². The standard InChI is InChI=1S/C26H31N3O5/c1-18-14-29(19(2)16-30)26(32)22-12-21(11-10-20-8-6-5-7-9-20)13-27-25(22)34-23(18)15-28(3)24(31)17-33-4/h5-9,12-13,18-19,23,30H,14-17H2,1-4H3/t18-,19-,23+/m0/s1. The van der Waals surface area contributed by atoms with Gasteiger partial charge in [0.05, 0.1) is 19.2 Å². The van der Waals surface area contributed by atoms with Gasteiger partial charge in [0.25, 0.3) is 5.91 Å². The molecule has 0 bridgehead atoms. The van der Waals surface area contributed by atoms with Crippen molar-refractivity contribution in [2.75, 3.05) is 40.5 Å². The molecular weight excluding hydrogens is 434 g/mol. The molecule has 0 saturated heterocycles. The van der Waals surface area contributed by atoms with E-state index in [9.17, 15) is 14.7 Å². The minimum Gasteiger partial charge on any atom is -0.472 e. The van der Waals surface area contributed by atoms with E-state index in [0.29, 0.717) is 18.7 Å². The first-order chi connectivity index (χ1) is 16.3. The highest BCUT2D eigenvalue weighted by Gasteiger charge is 2.34. The maximum atomic E-state index is 13.4. The number of carbonyl (C=O) groups is 2. The fraction of sp³-hybridized carbons (Fsp3) is 0.423. The van der Waals surface area contributed by atoms with Crippen LogP contribution in [0.4, 0.5) is 0 Å². The van der Waals surface area contributed by atoms with Gasteiger partial charge in [-0.05, 0) is 25.1 Å². The molecule has 0 fully saturated rings. The minimum absolute atomic E-state index is 0.0258. The number of fused-ring (bicyclic) bond motifs is 1. The minimum atomic E-state index is -0.417. The van der Waals surface area contributed by atoms with E-state index >= 15 is 0 Å². The average Bonchev–Trinajstić information content (AvgIpc) is 2.85. The van der Waals surface area contributed by atoms with E-state index < -0.39 is 12.1 Å². The Morgan fingerprint density at radius 3 is 2.71 bits per heavy atom. The van der Waals surface area contributed by atoms with Gasteiger partial charge in [0.2, 0.25) is 11.8 Å². The van der Waals surface area contributed by atoms with Gasteiger partial charge in [-0.25, -0.2) is 4.98 Å². The lowest BCUT2D eigenvalue weighted by molar-refractivity contribution is -0.135. The third kappa shape index (κ3) is 6.13. The highest BCUT2D eigenvalue weighted by molar-refractivity contribution is 5.97. The molecule has 0 saturated carbocycles. The van der Waals surface area contributed by atoms with Crippen LogP contribution in [-0.2, 0) is 9.53 Å². The number of nitrogens with zero attached hydrogens (tertiary/aromatic N) is 3. The number of hydrogen-bond donors (Lipinski definition) is 1. The molecule has 1 aromatic carbocycles. The van der Waals surface area contributed by atoms with Crippen LogP contribution in [0.5, 0.6) is 5.88 Å². The molecule has 0 unspecified atom stereocenters. The van der Waals surface area contributed by atoms with Crippen molar-refractivity contribution in [3.63, 3.8) is 0 Å². The molecule has 2 aromatic rings. The predicted molar refractivity (Wildman–Crippen MR) is 127 cm³/mol. The van der Waals surface area contributed by atoms with Gasteiger partial charge in [-0.15, -0.1) is 0 Å². The van der Waals surface area contributed by atoms with Crippen LogP contribution in [0, 0.1) is 17.8 Å². The summed E-state index contributed by atoms with van der Waals surface area (Å²) in [7, 11) is 3.16. The smallest absolute Gasteiger partial charge is 0.259 e. The summed E-state index contributed by atoms with van der Waals surface area (Å²) < 4.78 is 11.1. The number of hydrogen-bond acceptors (Lipinski definition) is 6. The lowest BCUT2D eigenvalue weighted by Crippen LogP contribution is -2.50. The summed E-state index contributed by atoms with van der Waals surface area (Å²) in [5, 5.41) is 9.78. The monoisotopic (exact) mass is 465 g/mol. The Kier molecular flexibility index (Phi) is 8.63. The van der Waals surface area contributed by atoms with E-state index in [1.807, 2.05) is 37.3 Å². The topological polar surface area (TPSA) is 92.2 Å². The molecule has 0 spiro atoms. The number of aliphatic hydroxyl groups excluding tert-OH is 1. The van der Waals surface area contributed by atoms with E-state index in [-0.39, 0.29) is 42.4 Å². The molecular formula is C26H31N3O5. The molecule has 1 aromatic heterocycles. The fourth-order valence-electron chi connectivity index (χ4n) is 3.66. The molecule has 180 valence electrons. The lowest BCUT2D eigenvalue weighted by atomic mass is 10.00. The summed E-state index contributed by atoms with van der Waals surface area (Å²) in [5.41, 5.74) is 1.71. The second-order valence-corrected chi connectivity index (χ2v) is 8.52. The Morgan fingerprint density at radius 2 is 2.03 bits per heavy atom. The lowest BCUT2D eigenvalue weighted by Gasteiger charge is -2.37. The molecule has 1 N–H and O–H groups in total. The van der Waals surface area contributed by atoms with Crippen molar-refractivity contribution in [3.8, 4) is 17.7 Å². The van der Waals surface area contributed by atoms with Crippen LogP contribution < -0.4 is 4.74 Å². The summed E-state index contributed by atoms with van der Waals surface area (Å²) in [6.45, 7) is 4.21. The number of aliphatic hydroxyl groups is 1. The number of benzene rings is 1. The van der Waals surface area contributed by atoms with Crippen LogP contribution in [0.15, 0.2) is 42.6 Å². The first-order valence-electron chi connectivity index (χ1n) is 11.2. The van der Waals surface area contributed by atoms with Gasteiger partial charge in [-0.2, -0.15) is 0 Å². The molecule has 1 aliphatic heterocycles. The average molecular weight is 466 g/mol. The highest BCUT2D eigenvalue weighted by atomic mass is 16.5. The van der Waals surface area contributed by atoms with E-state index in [1.165, 1.54) is 7.11 Å². The number of amides is 2. The van der Waals surface area contributed by atoms with Crippen molar-refractivity contribution in [1.29, 1.82) is 0 Å². The van der Waals surface area contributed by atoms with E-state index in [2.05, 4.69) is 16.8 Å². The number of aromatic nitrogens is 1. The molecule has 3 rings (SSSR count). The quantitative estimate of drug-likeness (QED) is 0.655. The van der Waals surface area contributed by atoms with Crippen molar-refractivity contribution < 1.29 is 24.2 Å². The van der Waals surface area contributed by atoms with E-state index in [4.69, 9.17) is 9.47 Å². The van der Waals surface area contributed by atoms with Crippen molar-refractivity contribution in [3.05, 3.63) is 59.3 Å². The van der Waals surface area contributed by atoms with Crippen molar-refractivity contribution in [2.24, 2.45) is 5.92 Å². The Hall–Kier alpha value is -3.41. The van der Waals surface area contributed by atoms with Crippen LogP contribution in [0.25, 0.3) is 0 Å². The normalized spacial score (nSPS) is 18.5. The highest BCUT2D eigenvalue weighted by Crippen LogP contribution is 2.27. The maximum Gasteiger partial charge on any atom is 0.259 e. The molecule has 2 heterocycles. The maximum absolute atomic E-state index is 13.4. The molecule has 3 atom stereocenters. The largest absolute Gasteiger partial charge is 0.472 e. The van der Waals surface area contributed by atoms with Crippen LogP contribution in [0.1, 0.15) is 35.3 Å². The van der Waals surface area contributed by atoms with Gasteiger partial charge in [-0.1, -0.05) is 37.0 Å². The fourth-order valence-corrected chi connectivity index (χ4v) is 3.66. The number of likely N-dealkylation sites (N-methyl/N-ethyl adjacent to an activating group) is 1. The van der Waals surface area contributed by atoms with Crippen LogP contribution in [-0.4, -0.2) is 84.3 Å². The molecule has 2 amide bonds. The second kappa shape index (κ2) is 11.6. The van der Waals surface area contributed by atoms with Gasteiger partial charge < -0.3 is 24.4 Å². The summed E-state index contributed by atoms with van der Waals surface area (Å²) in [6, 6.07) is 10.8. The molecule has 0 radical (unpaired) electrons. The van der Waals surface area contributed by atoms with E-state index in [1.54, 1.807) is 36.0 Å². The molecule has 1 aliphatic rings. The molecule has 34 heavy (non-hydrogen) atoms. The number of ether oxygens (including phenoxy) is 2. The van der Waals surface area contributed by atoms with Crippen LogP contribution >= 0.6 is 0 Å². The summed E-state index contributed by atoms with van der Waals surface area (Å²) in [4.78, 5) is 33.3. The van der Waals surface area contributed by atoms with Crippen molar-refractivity contribution in [2.45, 2.75) is 26.0 Å². The molecule has 8 nitrogen and oxygen atoms in total. The third-order valence-electron chi connectivity index (χ3n) is 5.79. The number of pyridine rings is 1. The summed E-state index contributed by atoms with van der Waals surface area (Å²) in [5.74, 6) is 5.74. The Balaban J connectivity index is 1.96. The Morgan fingerprint density at radius 1 is 1.32 bits per heavy atom. The van der Waals surface area contributed by atoms with Gasteiger partial charge >= 0.3 is 0 Å². The molecule has 8 heteroatoms. The zero-order valence-corrected chi connectivity index (χ0v) is 20.0. The number of methoxy groups -OCH3 is 1. The zero-order valence-electron chi connectivity index (χ0n) is 20.0.